The first kappa shape index (κ1) is 19.8. The molecule has 0 amide bonds. The summed E-state index contributed by atoms with van der Waals surface area (Å²) in [5, 5.41) is 0. The number of ether oxygens (including phenoxy) is 2. The second kappa shape index (κ2) is 10.5. The van der Waals surface area contributed by atoms with E-state index in [0.29, 0.717) is 0 Å². The molecule has 7 heteroatoms. The number of hydrogen-bond donors (Lipinski definition) is 0. The highest BCUT2D eigenvalue weighted by atomic mass is 19.3. The summed E-state index contributed by atoms with van der Waals surface area (Å²) < 4.78 is 35.5. The van der Waals surface area contributed by atoms with Gasteiger partial charge in [-0.05, 0) is 12.8 Å². The Labute approximate surface area is 136 Å². The van der Waals surface area contributed by atoms with Crippen molar-refractivity contribution in [1.29, 1.82) is 0 Å². The molecule has 0 aromatic rings. The average molecular weight is 335 g/mol. The van der Waals surface area contributed by atoms with Gasteiger partial charge in [-0.25, -0.2) is 8.78 Å². The van der Waals surface area contributed by atoms with Crippen molar-refractivity contribution in [2.24, 2.45) is 11.8 Å². The highest BCUT2D eigenvalue weighted by Gasteiger charge is 2.44. The number of rotatable bonds is 10. The van der Waals surface area contributed by atoms with E-state index in [9.17, 15) is 18.4 Å². The first-order valence-electron chi connectivity index (χ1n) is 8.33. The summed E-state index contributed by atoms with van der Waals surface area (Å²) in [6, 6.07) is 0. The van der Waals surface area contributed by atoms with E-state index in [2.05, 4.69) is 0 Å². The molecule has 0 unspecified atom stereocenters. The third-order valence-electron chi connectivity index (χ3n) is 3.88. The Balaban J connectivity index is 2.64. The smallest absolute Gasteiger partial charge is 0.311 e. The molecule has 1 rings (SSSR count). The van der Waals surface area contributed by atoms with E-state index in [-0.39, 0.29) is 26.3 Å². The zero-order valence-corrected chi connectivity index (χ0v) is 13.9. The van der Waals surface area contributed by atoms with Crippen molar-refractivity contribution in [3.8, 4) is 0 Å². The van der Waals surface area contributed by atoms with Crippen LogP contribution in [0.25, 0.3) is 0 Å². The van der Waals surface area contributed by atoms with Crippen LogP contribution in [-0.4, -0.2) is 56.1 Å². The molecule has 2 atom stereocenters. The molecule has 0 spiro atoms. The maximum Gasteiger partial charge on any atom is 0.311 e. The molecule has 0 N–H and O–H groups in total. The molecule has 1 aliphatic rings. The number of nitrogens with zero attached hydrogens (tertiary/aromatic N) is 1. The summed E-state index contributed by atoms with van der Waals surface area (Å²) in [5.41, 5.74) is 0. The number of likely N-dealkylation sites (tertiary alicyclic amines) is 1. The van der Waals surface area contributed by atoms with Gasteiger partial charge in [-0.3, -0.25) is 14.5 Å². The molecule has 0 aliphatic carbocycles. The van der Waals surface area contributed by atoms with Gasteiger partial charge in [0.15, 0.2) is 0 Å². The van der Waals surface area contributed by atoms with Gasteiger partial charge in [-0.15, -0.1) is 0 Å². The molecule has 1 aliphatic heterocycles. The van der Waals surface area contributed by atoms with Crippen LogP contribution in [-0.2, 0) is 19.1 Å². The third-order valence-corrected chi connectivity index (χ3v) is 3.88. The molecule has 0 saturated carbocycles. The van der Waals surface area contributed by atoms with Crippen LogP contribution in [0.15, 0.2) is 0 Å². The molecule has 0 radical (unpaired) electrons. The van der Waals surface area contributed by atoms with Gasteiger partial charge in [0, 0.05) is 13.1 Å². The van der Waals surface area contributed by atoms with Gasteiger partial charge in [0.05, 0.1) is 31.6 Å². The number of alkyl halides is 2. The SMILES string of the molecule is CCCCOC(=O)[C@@H]1CN(CC(F)F)C[C@H]1C(=O)OCCCC. The fraction of sp³-hybridized carbons (Fsp3) is 0.875. The van der Waals surface area contributed by atoms with Gasteiger partial charge in [-0.1, -0.05) is 26.7 Å². The Morgan fingerprint density at radius 2 is 1.43 bits per heavy atom. The Bertz CT molecular complexity index is 349. The highest BCUT2D eigenvalue weighted by Crippen LogP contribution is 2.27. The molecule has 23 heavy (non-hydrogen) atoms. The predicted octanol–water partition coefficient (Wildman–Crippen LogP) is 2.49. The minimum absolute atomic E-state index is 0.114. The molecule has 5 nitrogen and oxygen atoms in total. The summed E-state index contributed by atoms with van der Waals surface area (Å²) in [5.74, 6) is -2.43. The first-order valence-corrected chi connectivity index (χ1v) is 8.33. The van der Waals surface area contributed by atoms with Crippen LogP contribution in [0.3, 0.4) is 0 Å². The molecule has 0 aromatic carbocycles. The molecule has 0 bridgehead atoms. The molecular weight excluding hydrogens is 308 g/mol. The average Bonchev–Trinajstić information content (AvgIpc) is 2.90. The Kier molecular flexibility index (Phi) is 9.06. The number of esters is 2. The molecule has 1 fully saturated rings. The van der Waals surface area contributed by atoms with E-state index in [1.165, 1.54) is 4.90 Å². The van der Waals surface area contributed by atoms with Crippen LogP contribution in [0, 0.1) is 11.8 Å². The van der Waals surface area contributed by atoms with Crippen LogP contribution in [0.2, 0.25) is 0 Å². The lowest BCUT2D eigenvalue weighted by Gasteiger charge is -2.16. The number of unbranched alkanes of at least 4 members (excludes halogenated alkanes) is 2. The standard InChI is InChI=1S/C16H27F2NO4/c1-3-5-7-22-15(20)12-9-19(11-14(17)18)10-13(12)16(21)23-8-6-4-2/h12-14H,3-11H2,1-2H3/t12-,13-/m1/s1. The largest absolute Gasteiger partial charge is 0.465 e. The third kappa shape index (κ3) is 6.81. The molecule has 1 heterocycles. The molecule has 1 saturated heterocycles. The quantitative estimate of drug-likeness (QED) is 0.453. The van der Waals surface area contributed by atoms with Crippen molar-refractivity contribution in [1.82, 2.24) is 4.90 Å². The van der Waals surface area contributed by atoms with Gasteiger partial charge in [0.1, 0.15) is 0 Å². The fourth-order valence-corrected chi connectivity index (χ4v) is 2.56. The monoisotopic (exact) mass is 335 g/mol. The predicted molar refractivity (Wildman–Crippen MR) is 81.2 cm³/mol. The van der Waals surface area contributed by atoms with Crippen LogP contribution in [0.1, 0.15) is 39.5 Å². The van der Waals surface area contributed by atoms with Crippen molar-refractivity contribution in [2.75, 3.05) is 32.8 Å². The minimum Gasteiger partial charge on any atom is -0.465 e. The van der Waals surface area contributed by atoms with Gasteiger partial charge < -0.3 is 9.47 Å². The van der Waals surface area contributed by atoms with Gasteiger partial charge in [-0.2, -0.15) is 0 Å². The van der Waals surface area contributed by atoms with Crippen molar-refractivity contribution < 1.29 is 27.8 Å². The van der Waals surface area contributed by atoms with Crippen LogP contribution < -0.4 is 0 Å². The van der Waals surface area contributed by atoms with E-state index in [1.54, 1.807) is 0 Å². The van der Waals surface area contributed by atoms with E-state index < -0.39 is 36.7 Å². The Morgan fingerprint density at radius 1 is 1.00 bits per heavy atom. The van der Waals surface area contributed by atoms with Crippen molar-refractivity contribution >= 4 is 11.9 Å². The zero-order valence-electron chi connectivity index (χ0n) is 13.9. The van der Waals surface area contributed by atoms with Crippen LogP contribution in [0.4, 0.5) is 8.78 Å². The van der Waals surface area contributed by atoms with Crippen LogP contribution >= 0.6 is 0 Å². The Hall–Kier alpha value is -1.24. The van der Waals surface area contributed by atoms with Gasteiger partial charge >= 0.3 is 11.9 Å². The summed E-state index contributed by atoms with van der Waals surface area (Å²) in [4.78, 5) is 25.7. The second-order valence-corrected chi connectivity index (χ2v) is 5.86. The fourth-order valence-electron chi connectivity index (χ4n) is 2.56. The normalized spacial score (nSPS) is 21.6. The number of hydrogen-bond acceptors (Lipinski definition) is 5. The Morgan fingerprint density at radius 3 is 1.78 bits per heavy atom. The lowest BCUT2D eigenvalue weighted by Crippen LogP contribution is -2.31. The van der Waals surface area contributed by atoms with Gasteiger partial charge in [0.25, 0.3) is 6.43 Å². The maximum atomic E-state index is 12.6. The van der Waals surface area contributed by atoms with Crippen molar-refractivity contribution in [3.63, 3.8) is 0 Å². The topological polar surface area (TPSA) is 55.8 Å². The van der Waals surface area contributed by atoms with E-state index in [0.717, 1.165) is 25.7 Å². The highest BCUT2D eigenvalue weighted by molar-refractivity contribution is 5.83. The summed E-state index contributed by atoms with van der Waals surface area (Å²) in [6.07, 6.45) is 0.757. The maximum absolute atomic E-state index is 12.6. The lowest BCUT2D eigenvalue weighted by molar-refractivity contribution is -0.158. The summed E-state index contributed by atoms with van der Waals surface area (Å²) in [6.45, 7) is 4.31. The number of carbonyl (C=O) groups is 2. The minimum atomic E-state index is -2.50. The van der Waals surface area contributed by atoms with E-state index in [4.69, 9.17) is 9.47 Å². The first-order chi connectivity index (χ1) is 11.0. The molecule has 0 aromatic heterocycles. The lowest BCUT2D eigenvalue weighted by atomic mass is 9.96. The molecular formula is C16H27F2NO4. The molecule has 134 valence electrons. The summed E-state index contributed by atoms with van der Waals surface area (Å²) >= 11 is 0. The van der Waals surface area contributed by atoms with E-state index >= 15 is 0 Å². The van der Waals surface area contributed by atoms with Crippen LogP contribution in [0.5, 0.6) is 0 Å². The van der Waals surface area contributed by atoms with Gasteiger partial charge in [0.2, 0.25) is 0 Å². The number of halogens is 2. The van der Waals surface area contributed by atoms with Crippen molar-refractivity contribution in [2.45, 2.75) is 46.0 Å². The van der Waals surface area contributed by atoms with E-state index in [1.807, 2.05) is 13.8 Å². The number of carbonyl (C=O) groups excluding carboxylic acids is 2. The zero-order chi connectivity index (χ0) is 17.2. The second-order valence-electron chi connectivity index (χ2n) is 5.86. The van der Waals surface area contributed by atoms with Crippen molar-refractivity contribution in [3.05, 3.63) is 0 Å². The summed E-state index contributed by atoms with van der Waals surface area (Å²) in [7, 11) is 0.